The van der Waals surface area contributed by atoms with E-state index in [0.29, 0.717) is 11.3 Å². The van der Waals surface area contributed by atoms with Crippen molar-refractivity contribution in [3.63, 3.8) is 0 Å². The van der Waals surface area contributed by atoms with E-state index in [2.05, 4.69) is 4.74 Å². The van der Waals surface area contributed by atoms with Gasteiger partial charge in [0.05, 0.1) is 14.2 Å². The molecule has 0 N–H and O–H groups in total. The van der Waals surface area contributed by atoms with Gasteiger partial charge in [-0.05, 0) is 41.8 Å². The van der Waals surface area contributed by atoms with Crippen LogP contribution in [0.5, 0.6) is 5.75 Å². The summed E-state index contributed by atoms with van der Waals surface area (Å²) in [6.07, 6.45) is 1.17. The average molecular weight is 316 g/mol. The van der Waals surface area contributed by atoms with Gasteiger partial charge in [0, 0.05) is 0 Å². The number of hydrogen-bond donors (Lipinski definition) is 0. The number of carbonyl (C=O) groups is 1. The van der Waals surface area contributed by atoms with Crippen molar-refractivity contribution in [1.29, 1.82) is 0 Å². The van der Waals surface area contributed by atoms with Crippen molar-refractivity contribution in [3.05, 3.63) is 65.9 Å². The molecule has 2 aromatic rings. The largest absolute Gasteiger partial charge is 0.500 e. The lowest BCUT2D eigenvalue weighted by Gasteiger charge is -2.12. The number of ether oxygens (including phenoxy) is 3. The smallest absolute Gasteiger partial charge is 0.377 e. The second-order valence-electron chi connectivity index (χ2n) is 4.80. The Morgan fingerprint density at radius 2 is 1.83 bits per heavy atom. The normalized spacial score (nSPS) is 11.0. The number of benzene rings is 2. The number of halogens is 1. The van der Waals surface area contributed by atoms with Gasteiger partial charge in [0.2, 0.25) is 5.76 Å². The van der Waals surface area contributed by atoms with Gasteiger partial charge < -0.3 is 14.2 Å². The molecule has 120 valence electrons. The Balaban J connectivity index is 2.37. The number of methoxy groups -OCH3 is 2. The predicted octanol–water partition coefficient (Wildman–Crippen LogP) is 3.84. The van der Waals surface area contributed by atoms with E-state index in [0.717, 1.165) is 11.1 Å². The van der Waals surface area contributed by atoms with Crippen molar-refractivity contribution in [2.75, 3.05) is 14.2 Å². The van der Waals surface area contributed by atoms with Crippen LogP contribution in [0, 0.1) is 12.7 Å². The van der Waals surface area contributed by atoms with Gasteiger partial charge in [-0.2, -0.15) is 0 Å². The predicted molar refractivity (Wildman–Crippen MR) is 84.3 cm³/mol. The summed E-state index contributed by atoms with van der Waals surface area (Å²) in [5.41, 5.74) is 2.30. The molecule has 23 heavy (non-hydrogen) atoms. The van der Waals surface area contributed by atoms with Gasteiger partial charge in [0.25, 0.3) is 0 Å². The van der Waals surface area contributed by atoms with Gasteiger partial charge >= 0.3 is 5.97 Å². The van der Waals surface area contributed by atoms with E-state index in [1.807, 2.05) is 19.1 Å². The topological polar surface area (TPSA) is 44.8 Å². The summed E-state index contributed by atoms with van der Waals surface area (Å²) in [7, 11) is 2.66. The Morgan fingerprint density at radius 1 is 1.09 bits per heavy atom. The zero-order valence-corrected chi connectivity index (χ0v) is 13.1. The Bertz CT molecular complexity index is 738. The van der Waals surface area contributed by atoms with Crippen LogP contribution in [0.3, 0.4) is 0 Å². The Morgan fingerprint density at radius 3 is 2.48 bits per heavy atom. The standard InChI is InChI=1S/C18H17FO4/c1-12-7-8-14(13-5-4-6-15(19)9-13)10-16(12)23-17(11-21-2)18(20)22-3/h4-11H,1-3H3. The van der Waals surface area contributed by atoms with E-state index in [1.165, 1.54) is 32.6 Å². The highest BCUT2D eigenvalue weighted by Gasteiger charge is 2.15. The van der Waals surface area contributed by atoms with Crippen LogP contribution in [-0.2, 0) is 14.3 Å². The summed E-state index contributed by atoms with van der Waals surface area (Å²) >= 11 is 0. The molecule has 0 aliphatic carbocycles. The Labute approximate surface area is 134 Å². The maximum atomic E-state index is 13.4. The van der Waals surface area contributed by atoms with Gasteiger partial charge in [-0.25, -0.2) is 9.18 Å². The molecule has 0 atom stereocenters. The molecule has 0 bridgehead atoms. The fourth-order valence-corrected chi connectivity index (χ4v) is 2.00. The number of rotatable bonds is 5. The highest BCUT2D eigenvalue weighted by atomic mass is 19.1. The molecule has 2 aromatic carbocycles. The number of hydrogen-bond acceptors (Lipinski definition) is 4. The molecular formula is C18H17FO4. The monoisotopic (exact) mass is 316 g/mol. The molecule has 0 aliphatic heterocycles. The van der Waals surface area contributed by atoms with Gasteiger partial charge in [-0.1, -0.05) is 24.3 Å². The summed E-state index contributed by atoms with van der Waals surface area (Å²) in [6.45, 7) is 1.84. The zero-order valence-electron chi connectivity index (χ0n) is 13.1. The first-order chi connectivity index (χ1) is 11.0. The first-order valence-electron chi connectivity index (χ1n) is 6.91. The second-order valence-corrected chi connectivity index (χ2v) is 4.80. The van der Waals surface area contributed by atoms with Crippen LogP contribution < -0.4 is 4.74 Å². The molecule has 0 aromatic heterocycles. The molecule has 5 heteroatoms. The highest BCUT2D eigenvalue weighted by Crippen LogP contribution is 2.28. The van der Waals surface area contributed by atoms with Gasteiger partial charge in [0.15, 0.2) is 0 Å². The van der Waals surface area contributed by atoms with Crippen LogP contribution in [0.1, 0.15) is 5.56 Å². The first kappa shape index (κ1) is 16.5. The average Bonchev–Trinajstić information content (AvgIpc) is 2.55. The minimum absolute atomic E-state index is 0.0745. The summed E-state index contributed by atoms with van der Waals surface area (Å²) in [4.78, 5) is 11.7. The van der Waals surface area contributed by atoms with Gasteiger partial charge in [-0.15, -0.1) is 0 Å². The van der Waals surface area contributed by atoms with Crippen LogP contribution in [0.2, 0.25) is 0 Å². The van der Waals surface area contributed by atoms with Crippen molar-refractivity contribution in [3.8, 4) is 16.9 Å². The molecule has 0 saturated carbocycles. The van der Waals surface area contributed by atoms with Gasteiger partial charge in [-0.3, -0.25) is 0 Å². The lowest BCUT2D eigenvalue weighted by atomic mass is 10.0. The highest BCUT2D eigenvalue weighted by molar-refractivity contribution is 5.86. The van der Waals surface area contributed by atoms with Crippen molar-refractivity contribution >= 4 is 5.97 Å². The minimum atomic E-state index is -0.651. The van der Waals surface area contributed by atoms with Crippen LogP contribution in [0.25, 0.3) is 11.1 Å². The molecule has 0 aliphatic rings. The van der Waals surface area contributed by atoms with Crippen LogP contribution in [-0.4, -0.2) is 20.2 Å². The SMILES string of the molecule is COC=C(Oc1cc(-c2cccc(F)c2)ccc1C)C(=O)OC. The molecule has 0 unspecified atom stereocenters. The molecule has 0 amide bonds. The van der Waals surface area contributed by atoms with Crippen molar-refractivity contribution in [2.24, 2.45) is 0 Å². The van der Waals surface area contributed by atoms with Crippen molar-refractivity contribution < 1.29 is 23.4 Å². The maximum Gasteiger partial charge on any atom is 0.377 e. The molecule has 0 heterocycles. The minimum Gasteiger partial charge on any atom is -0.500 e. The lowest BCUT2D eigenvalue weighted by Crippen LogP contribution is -2.11. The van der Waals surface area contributed by atoms with Crippen molar-refractivity contribution in [2.45, 2.75) is 6.92 Å². The summed E-state index contributed by atoms with van der Waals surface area (Å²) in [6, 6.07) is 11.7. The van der Waals surface area contributed by atoms with Crippen LogP contribution in [0.4, 0.5) is 4.39 Å². The van der Waals surface area contributed by atoms with E-state index < -0.39 is 5.97 Å². The van der Waals surface area contributed by atoms with Crippen molar-refractivity contribution in [1.82, 2.24) is 0 Å². The quantitative estimate of drug-likeness (QED) is 0.477. The summed E-state index contributed by atoms with van der Waals surface area (Å²) in [5.74, 6) is -0.586. The molecule has 2 rings (SSSR count). The van der Waals surface area contributed by atoms with E-state index in [1.54, 1.807) is 18.2 Å². The lowest BCUT2D eigenvalue weighted by molar-refractivity contribution is -0.138. The van der Waals surface area contributed by atoms with E-state index in [4.69, 9.17) is 9.47 Å². The summed E-state index contributed by atoms with van der Waals surface area (Å²) in [5, 5.41) is 0. The third-order valence-electron chi connectivity index (χ3n) is 3.18. The fourth-order valence-electron chi connectivity index (χ4n) is 2.00. The van der Waals surface area contributed by atoms with E-state index in [9.17, 15) is 9.18 Å². The molecule has 0 fully saturated rings. The van der Waals surface area contributed by atoms with Gasteiger partial charge in [0.1, 0.15) is 17.8 Å². The third kappa shape index (κ3) is 4.10. The first-order valence-corrected chi connectivity index (χ1v) is 6.91. The number of carbonyl (C=O) groups excluding carboxylic acids is 1. The fraction of sp³-hybridized carbons (Fsp3) is 0.167. The van der Waals surface area contributed by atoms with Crippen LogP contribution in [0.15, 0.2) is 54.5 Å². The molecule has 0 radical (unpaired) electrons. The van der Waals surface area contributed by atoms with E-state index in [-0.39, 0.29) is 11.6 Å². The third-order valence-corrected chi connectivity index (χ3v) is 3.18. The molecule has 0 saturated heterocycles. The maximum absolute atomic E-state index is 13.4. The Hall–Kier alpha value is -2.82. The summed E-state index contributed by atoms with van der Waals surface area (Å²) < 4.78 is 28.5. The number of esters is 1. The second kappa shape index (κ2) is 7.45. The molecule has 4 nitrogen and oxygen atoms in total. The molecular weight excluding hydrogens is 299 g/mol. The zero-order chi connectivity index (χ0) is 16.8. The van der Waals surface area contributed by atoms with E-state index >= 15 is 0 Å². The molecule has 0 spiro atoms. The number of aryl methyl sites for hydroxylation is 1. The van der Waals surface area contributed by atoms with Crippen LogP contribution >= 0.6 is 0 Å². The Kier molecular flexibility index (Phi) is 5.36.